The van der Waals surface area contributed by atoms with Gasteiger partial charge < -0.3 is 4.74 Å². The quantitative estimate of drug-likeness (QED) is 0.674. The molecule has 1 aromatic carbocycles. The van der Waals surface area contributed by atoms with E-state index in [1.807, 2.05) is 31.3 Å². The molecule has 0 fully saturated rings. The molecule has 0 saturated heterocycles. The van der Waals surface area contributed by atoms with E-state index >= 15 is 0 Å². The highest BCUT2D eigenvalue weighted by atomic mass is 16.5. The van der Waals surface area contributed by atoms with Crippen molar-refractivity contribution in [1.29, 1.82) is 0 Å². The van der Waals surface area contributed by atoms with Crippen LogP contribution >= 0.6 is 0 Å². The lowest BCUT2D eigenvalue weighted by molar-refractivity contribution is 0.0614. The standard InChI is InChI=1S/C11H13NO/c1-9-8-12-11(13-9)7-10-5-3-2-4-6-10/h2-6,8-9,11H,7H2,1H3. The van der Waals surface area contributed by atoms with Crippen LogP contribution < -0.4 is 0 Å². The van der Waals surface area contributed by atoms with Crippen molar-refractivity contribution >= 4 is 6.21 Å². The molecule has 0 N–H and O–H groups in total. The zero-order chi connectivity index (χ0) is 9.10. The van der Waals surface area contributed by atoms with Crippen molar-refractivity contribution < 1.29 is 4.74 Å². The van der Waals surface area contributed by atoms with E-state index in [4.69, 9.17) is 4.74 Å². The van der Waals surface area contributed by atoms with Crippen molar-refractivity contribution in [2.45, 2.75) is 25.7 Å². The molecule has 0 spiro atoms. The number of benzene rings is 1. The predicted octanol–water partition coefficient (Wildman–Crippen LogP) is 2.04. The first-order valence-electron chi connectivity index (χ1n) is 4.57. The van der Waals surface area contributed by atoms with Crippen molar-refractivity contribution in [2.75, 3.05) is 0 Å². The average molecular weight is 175 g/mol. The maximum absolute atomic E-state index is 5.54. The fraction of sp³-hybridized carbons (Fsp3) is 0.364. The van der Waals surface area contributed by atoms with Crippen LogP contribution in [0.3, 0.4) is 0 Å². The van der Waals surface area contributed by atoms with Crippen LogP contribution in [0.4, 0.5) is 0 Å². The lowest BCUT2D eigenvalue weighted by Gasteiger charge is -2.08. The fourth-order valence-electron chi connectivity index (χ4n) is 1.45. The Kier molecular flexibility index (Phi) is 2.41. The van der Waals surface area contributed by atoms with E-state index in [1.54, 1.807) is 0 Å². The third kappa shape index (κ3) is 2.16. The molecular formula is C11H13NO. The molecule has 0 saturated carbocycles. The van der Waals surface area contributed by atoms with Crippen LogP contribution in [0.15, 0.2) is 35.3 Å². The zero-order valence-corrected chi connectivity index (χ0v) is 7.68. The Morgan fingerprint density at radius 3 is 2.69 bits per heavy atom. The summed E-state index contributed by atoms with van der Waals surface area (Å²) in [5.74, 6) is 0. The molecule has 2 nitrogen and oxygen atoms in total. The van der Waals surface area contributed by atoms with Crippen molar-refractivity contribution in [2.24, 2.45) is 4.99 Å². The summed E-state index contributed by atoms with van der Waals surface area (Å²) in [6, 6.07) is 10.3. The summed E-state index contributed by atoms with van der Waals surface area (Å²) < 4.78 is 5.54. The van der Waals surface area contributed by atoms with Crippen LogP contribution in [-0.4, -0.2) is 18.5 Å². The summed E-state index contributed by atoms with van der Waals surface area (Å²) in [6.07, 6.45) is 2.95. The van der Waals surface area contributed by atoms with E-state index < -0.39 is 0 Å². The smallest absolute Gasteiger partial charge is 0.152 e. The number of rotatable bonds is 2. The Hall–Kier alpha value is -1.15. The van der Waals surface area contributed by atoms with Crippen LogP contribution in [0.1, 0.15) is 12.5 Å². The van der Waals surface area contributed by atoms with Gasteiger partial charge in [0.05, 0.1) is 6.10 Å². The van der Waals surface area contributed by atoms with E-state index in [0.29, 0.717) is 0 Å². The molecule has 68 valence electrons. The van der Waals surface area contributed by atoms with Gasteiger partial charge in [-0.15, -0.1) is 0 Å². The first-order valence-corrected chi connectivity index (χ1v) is 4.57. The highest BCUT2D eigenvalue weighted by Crippen LogP contribution is 2.12. The topological polar surface area (TPSA) is 21.6 Å². The summed E-state index contributed by atoms with van der Waals surface area (Å²) >= 11 is 0. The second kappa shape index (κ2) is 3.71. The summed E-state index contributed by atoms with van der Waals surface area (Å²) in [6.45, 7) is 2.01. The van der Waals surface area contributed by atoms with E-state index in [9.17, 15) is 0 Å². The maximum atomic E-state index is 5.54. The molecule has 0 radical (unpaired) electrons. The largest absolute Gasteiger partial charge is 0.348 e. The monoisotopic (exact) mass is 175 g/mol. The summed E-state index contributed by atoms with van der Waals surface area (Å²) in [5, 5.41) is 0. The molecule has 0 bridgehead atoms. The van der Waals surface area contributed by atoms with Crippen LogP contribution in [0, 0.1) is 0 Å². The maximum Gasteiger partial charge on any atom is 0.152 e. The first kappa shape index (κ1) is 8.45. The first-order chi connectivity index (χ1) is 6.34. The second-order valence-corrected chi connectivity index (χ2v) is 3.28. The summed E-state index contributed by atoms with van der Waals surface area (Å²) in [5.41, 5.74) is 1.28. The number of hydrogen-bond donors (Lipinski definition) is 0. The van der Waals surface area contributed by atoms with Gasteiger partial charge in [0.25, 0.3) is 0 Å². The average Bonchev–Trinajstić information content (AvgIpc) is 2.53. The van der Waals surface area contributed by atoms with Crippen LogP contribution in [0.5, 0.6) is 0 Å². The number of hydrogen-bond acceptors (Lipinski definition) is 2. The lowest BCUT2D eigenvalue weighted by atomic mass is 10.1. The number of ether oxygens (including phenoxy) is 1. The molecule has 0 aromatic heterocycles. The summed E-state index contributed by atoms with van der Waals surface area (Å²) in [7, 11) is 0. The van der Waals surface area contributed by atoms with Crippen LogP contribution in [0.25, 0.3) is 0 Å². The molecule has 1 heterocycles. The van der Waals surface area contributed by atoms with Crippen LogP contribution in [-0.2, 0) is 11.2 Å². The zero-order valence-electron chi connectivity index (χ0n) is 7.68. The third-order valence-corrected chi connectivity index (χ3v) is 2.09. The van der Waals surface area contributed by atoms with Gasteiger partial charge >= 0.3 is 0 Å². The highest BCUT2D eigenvalue weighted by molar-refractivity contribution is 5.64. The molecule has 2 unspecified atom stereocenters. The Bertz CT molecular complexity index is 294. The van der Waals surface area contributed by atoms with Crippen LogP contribution in [0.2, 0.25) is 0 Å². The van der Waals surface area contributed by atoms with Gasteiger partial charge in [0.1, 0.15) is 0 Å². The molecule has 2 heteroatoms. The molecule has 2 atom stereocenters. The second-order valence-electron chi connectivity index (χ2n) is 3.28. The van der Waals surface area contributed by atoms with E-state index in [1.165, 1.54) is 5.56 Å². The molecule has 0 aliphatic carbocycles. The molecule has 1 aromatic rings. The molecule has 2 rings (SSSR count). The molecule has 13 heavy (non-hydrogen) atoms. The van der Waals surface area contributed by atoms with Gasteiger partial charge in [0, 0.05) is 12.6 Å². The van der Waals surface area contributed by atoms with Gasteiger partial charge in [-0.1, -0.05) is 30.3 Å². The van der Waals surface area contributed by atoms with Gasteiger partial charge in [-0.25, -0.2) is 0 Å². The Labute approximate surface area is 78.3 Å². The molecule has 0 amide bonds. The van der Waals surface area contributed by atoms with Crippen molar-refractivity contribution in [3.8, 4) is 0 Å². The van der Waals surface area contributed by atoms with Gasteiger partial charge in [-0.3, -0.25) is 4.99 Å². The SMILES string of the molecule is CC1C=NC(Cc2ccccc2)O1. The Morgan fingerprint density at radius 1 is 1.31 bits per heavy atom. The minimum Gasteiger partial charge on any atom is -0.348 e. The minimum absolute atomic E-state index is 0.0254. The van der Waals surface area contributed by atoms with E-state index in [2.05, 4.69) is 17.1 Å². The van der Waals surface area contributed by atoms with Crippen molar-refractivity contribution in [3.63, 3.8) is 0 Å². The minimum atomic E-state index is 0.0254. The number of nitrogens with zero attached hydrogens (tertiary/aromatic N) is 1. The molecule has 1 aliphatic heterocycles. The van der Waals surface area contributed by atoms with Crippen molar-refractivity contribution in [3.05, 3.63) is 35.9 Å². The van der Waals surface area contributed by atoms with Gasteiger partial charge in [-0.2, -0.15) is 0 Å². The lowest BCUT2D eigenvalue weighted by Crippen LogP contribution is -2.12. The van der Waals surface area contributed by atoms with Gasteiger partial charge in [0.2, 0.25) is 0 Å². The molecule has 1 aliphatic rings. The number of aliphatic imine (C=N–C) groups is 1. The highest BCUT2D eigenvalue weighted by Gasteiger charge is 2.16. The normalized spacial score (nSPS) is 26.5. The van der Waals surface area contributed by atoms with E-state index in [0.717, 1.165) is 6.42 Å². The third-order valence-electron chi connectivity index (χ3n) is 2.09. The van der Waals surface area contributed by atoms with Gasteiger partial charge in [-0.05, 0) is 12.5 Å². The van der Waals surface area contributed by atoms with Crippen molar-refractivity contribution in [1.82, 2.24) is 0 Å². The van der Waals surface area contributed by atoms with Gasteiger partial charge in [0.15, 0.2) is 6.23 Å². The Balaban J connectivity index is 1.96. The predicted molar refractivity (Wildman–Crippen MR) is 53.0 cm³/mol. The molecular weight excluding hydrogens is 162 g/mol. The van der Waals surface area contributed by atoms with E-state index in [-0.39, 0.29) is 12.3 Å². The Morgan fingerprint density at radius 2 is 2.08 bits per heavy atom. The fourth-order valence-corrected chi connectivity index (χ4v) is 1.45. The summed E-state index contributed by atoms with van der Waals surface area (Å²) in [4.78, 5) is 4.26.